The first-order valence-corrected chi connectivity index (χ1v) is 6.61. The molecule has 18 heavy (non-hydrogen) atoms. The summed E-state index contributed by atoms with van der Waals surface area (Å²) in [6.45, 7) is 2.08. The molecule has 0 spiro atoms. The highest BCUT2D eigenvalue weighted by Crippen LogP contribution is 2.21. The van der Waals surface area contributed by atoms with Gasteiger partial charge in [-0.1, -0.05) is 12.2 Å². The van der Waals surface area contributed by atoms with Crippen molar-refractivity contribution in [1.82, 2.24) is 9.80 Å². The highest BCUT2D eigenvalue weighted by molar-refractivity contribution is 5.76. The van der Waals surface area contributed by atoms with E-state index in [1.165, 1.54) is 0 Å². The summed E-state index contributed by atoms with van der Waals surface area (Å²) in [5.41, 5.74) is 0. The molecule has 2 aliphatic rings. The predicted octanol–water partition coefficient (Wildman–Crippen LogP) is 1.70. The van der Waals surface area contributed by atoms with E-state index in [0.29, 0.717) is 13.1 Å². The lowest BCUT2D eigenvalue weighted by Gasteiger charge is -2.38. The highest BCUT2D eigenvalue weighted by atomic mass is 16.4. The Morgan fingerprint density at radius 1 is 1.22 bits per heavy atom. The fraction of sp³-hybridized carbons (Fsp3) is 0.692. The van der Waals surface area contributed by atoms with E-state index in [-0.39, 0.29) is 18.5 Å². The number of hydrogen-bond donors (Lipinski definition) is 1. The van der Waals surface area contributed by atoms with Gasteiger partial charge in [0.2, 0.25) is 0 Å². The summed E-state index contributed by atoms with van der Waals surface area (Å²) in [4.78, 5) is 26.8. The largest absolute Gasteiger partial charge is 0.481 e. The lowest BCUT2D eigenvalue weighted by atomic mass is 10.00. The summed E-state index contributed by atoms with van der Waals surface area (Å²) in [5, 5.41) is 8.91. The number of carbonyl (C=O) groups is 2. The third-order valence-corrected chi connectivity index (χ3v) is 3.61. The Morgan fingerprint density at radius 3 is 2.72 bits per heavy atom. The van der Waals surface area contributed by atoms with Gasteiger partial charge in [0.1, 0.15) is 0 Å². The van der Waals surface area contributed by atoms with Crippen molar-refractivity contribution in [2.24, 2.45) is 0 Å². The minimum absolute atomic E-state index is 0.00491. The summed E-state index contributed by atoms with van der Waals surface area (Å²) in [6, 6.07) is -0.125. The molecule has 100 valence electrons. The fourth-order valence-electron chi connectivity index (χ4n) is 2.66. The lowest BCUT2D eigenvalue weighted by molar-refractivity contribution is -0.138. The number of carboxylic acid groups (broad SMARTS) is 1. The van der Waals surface area contributed by atoms with E-state index >= 15 is 0 Å². The van der Waals surface area contributed by atoms with Crippen LogP contribution in [0.5, 0.6) is 0 Å². The Labute approximate surface area is 107 Å². The summed E-state index contributed by atoms with van der Waals surface area (Å²) >= 11 is 0. The van der Waals surface area contributed by atoms with Gasteiger partial charge in [0.25, 0.3) is 0 Å². The average Bonchev–Trinajstić information content (AvgIpc) is 2.39. The zero-order valence-corrected chi connectivity index (χ0v) is 10.5. The second-order valence-electron chi connectivity index (χ2n) is 4.93. The zero-order chi connectivity index (χ0) is 13.0. The molecule has 2 aliphatic heterocycles. The van der Waals surface area contributed by atoms with Crippen molar-refractivity contribution >= 4 is 12.0 Å². The van der Waals surface area contributed by atoms with Gasteiger partial charge in [-0.05, 0) is 25.7 Å². The lowest BCUT2D eigenvalue weighted by Crippen LogP contribution is -2.51. The smallest absolute Gasteiger partial charge is 0.320 e. The maximum atomic E-state index is 12.4. The van der Waals surface area contributed by atoms with Gasteiger partial charge in [-0.2, -0.15) is 0 Å². The molecule has 2 amide bonds. The fourth-order valence-corrected chi connectivity index (χ4v) is 2.66. The van der Waals surface area contributed by atoms with Crippen molar-refractivity contribution in [3.8, 4) is 0 Å². The molecule has 0 aromatic rings. The SMILES string of the molecule is O=C(O)CC1CCCCN1C(=O)N1CC=CCC1. The first-order valence-electron chi connectivity index (χ1n) is 6.61. The molecule has 1 N–H and O–H groups in total. The summed E-state index contributed by atoms with van der Waals surface area (Å²) in [5.74, 6) is -0.821. The molecule has 0 bridgehead atoms. The maximum absolute atomic E-state index is 12.4. The van der Waals surface area contributed by atoms with Crippen LogP contribution in [-0.2, 0) is 4.79 Å². The van der Waals surface area contributed by atoms with E-state index in [1.807, 2.05) is 6.08 Å². The van der Waals surface area contributed by atoms with Crippen LogP contribution in [0, 0.1) is 0 Å². The van der Waals surface area contributed by atoms with E-state index < -0.39 is 5.97 Å². The van der Waals surface area contributed by atoms with E-state index in [1.54, 1.807) is 9.80 Å². The van der Waals surface area contributed by atoms with Gasteiger partial charge in [0.05, 0.1) is 6.42 Å². The third-order valence-electron chi connectivity index (χ3n) is 3.61. The molecule has 1 atom stereocenters. The molecule has 5 heteroatoms. The van der Waals surface area contributed by atoms with E-state index in [2.05, 4.69) is 6.08 Å². The van der Waals surface area contributed by atoms with Crippen LogP contribution in [0.4, 0.5) is 4.79 Å². The highest BCUT2D eigenvalue weighted by Gasteiger charge is 2.31. The normalized spacial score (nSPS) is 24.1. The van der Waals surface area contributed by atoms with Crippen LogP contribution >= 0.6 is 0 Å². The van der Waals surface area contributed by atoms with Gasteiger partial charge in [-0.3, -0.25) is 4.79 Å². The second kappa shape index (κ2) is 5.89. The number of aliphatic carboxylic acids is 1. The Hall–Kier alpha value is -1.52. The van der Waals surface area contributed by atoms with Gasteiger partial charge < -0.3 is 14.9 Å². The van der Waals surface area contributed by atoms with Crippen LogP contribution in [0.1, 0.15) is 32.1 Å². The molecule has 2 rings (SSSR count). The Balaban J connectivity index is 2.00. The van der Waals surface area contributed by atoms with Crippen molar-refractivity contribution in [3.63, 3.8) is 0 Å². The quantitative estimate of drug-likeness (QED) is 0.761. The number of likely N-dealkylation sites (tertiary alicyclic amines) is 1. The predicted molar refractivity (Wildman–Crippen MR) is 67.3 cm³/mol. The van der Waals surface area contributed by atoms with Crippen LogP contribution < -0.4 is 0 Å². The number of carboxylic acids is 1. The average molecular weight is 252 g/mol. The minimum Gasteiger partial charge on any atom is -0.481 e. The van der Waals surface area contributed by atoms with Crippen LogP contribution in [-0.4, -0.2) is 52.6 Å². The van der Waals surface area contributed by atoms with Gasteiger partial charge >= 0.3 is 12.0 Å². The molecule has 1 unspecified atom stereocenters. The minimum atomic E-state index is -0.821. The summed E-state index contributed by atoms with van der Waals surface area (Å²) < 4.78 is 0. The number of amides is 2. The number of piperidine rings is 1. The number of urea groups is 1. The molecule has 0 aliphatic carbocycles. The van der Waals surface area contributed by atoms with Crippen molar-refractivity contribution < 1.29 is 14.7 Å². The Morgan fingerprint density at radius 2 is 2.06 bits per heavy atom. The standard InChI is InChI=1S/C13H20N2O3/c16-12(17)10-11-6-2-5-9-15(11)13(18)14-7-3-1-4-8-14/h1,3,11H,2,4-10H2,(H,16,17). The first-order chi connectivity index (χ1) is 8.68. The molecule has 5 nitrogen and oxygen atoms in total. The van der Waals surface area contributed by atoms with Gasteiger partial charge in [-0.25, -0.2) is 4.79 Å². The van der Waals surface area contributed by atoms with Gasteiger partial charge in [0.15, 0.2) is 0 Å². The molecule has 2 heterocycles. The van der Waals surface area contributed by atoms with E-state index in [0.717, 1.165) is 32.2 Å². The van der Waals surface area contributed by atoms with Crippen molar-refractivity contribution in [3.05, 3.63) is 12.2 Å². The van der Waals surface area contributed by atoms with Crippen molar-refractivity contribution in [2.45, 2.75) is 38.1 Å². The summed E-state index contributed by atoms with van der Waals surface area (Å²) in [7, 11) is 0. The van der Waals surface area contributed by atoms with Gasteiger partial charge in [-0.15, -0.1) is 0 Å². The van der Waals surface area contributed by atoms with E-state index in [9.17, 15) is 9.59 Å². The van der Waals surface area contributed by atoms with Crippen LogP contribution in [0.3, 0.4) is 0 Å². The molecule has 0 aromatic heterocycles. The molecule has 0 saturated carbocycles. The monoisotopic (exact) mass is 252 g/mol. The molecule has 0 radical (unpaired) electrons. The first kappa shape index (κ1) is 12.9. The maximum Gasteiger partial charge on any atom is 0.320 e. The number of hydrogen-bond acceptors (Lipinski definition) is 2. The zero-order valence-electron chi connectivity index (χ0n) is 10.5. The molecular formula is C13H20N2O3. The van der Waals surface area contributed by atoms with E-state index in [4.69, 9.17) is 5.11 Å². The van der Waals surface area contributed by atoms with Crippen molar-refractivity contribution in [1.29, 1.82) is 0 Å². The Kier molecular flexibility index (Phi) is 4.23. The summed E-state index contributed by atoms with van der Waals surface area (Å²) in [6.07, 6.45) is 7.83. The number of nitrogens with zero attached hydrogens (tertiary/aromatic N) is 2. The Bertz CT molecular complexity index is 354. The van der Waals surface area contributed by atoms with Crippen LogP contribution in [0.15, 0.2) is 12.2 Å². The topological polar surface area (TPSA) is 60.9 Å². The molecule has 1 saturated heterocycles. The molecular weight excluding hydrogens is 232 g/mol. The van der Waals surface area contributed by atoms with Crippen LogP contribution in [0.25, 0.3) is 0 Å². The second-order valence-corrected chi connectivity index (χ2v) is 4.93. The molecule has 0 aromatic carbocycles. The van der Waals surface area contributed by atoms with Gasteiger partial charge in [0, 0.05) is 25.7 Å². The third kappa shape index (κ3) is 3.03. The number of rotatable bonds is 2. The number of carbonyl (C=O) groups excluding carboxylic acids is 1. The van der Waals surface area contributed by atoms with Crippen molar-refractivity contribution in [2.75, 3.05) is 19.6 Å². The molecule has 1 fully saturated rings. The van der Waals surface area contributed by atoms with Crippen LogP contribution in [0.2, 0.25) is 0 Å².